The summed E-state index contributed by atoms with van der Waals surface area (Å²) in [5.74, 6) is 0.271. The van der Waals surface area contributed by atoms with Crippen molar-refractivity contribution in [2.75, 3.05) is 11.9 Å². The van der Waals surface area contributed by atoms with E-state index in [4.69, 9.17) is 4.74 Å². The summed E-state index contributed by atoms with van der Waals surface area (Å²) in [5, 5.41) is 33.9. The minimum atomic E-state index is -1.32. The number of anilines is 2. The average molecular weight is 385 g/mol. The second-order valence-corrected chi connectivity index (χ2v) is 7.18. The molecule has 4 rings (SSSR count). The van der Waals surface area contributed by atoms with Crippen LogP contribution in [0, 0.1) is 5.92 Å². The van der Waals surface area contributed by atoms with Gasteiger partial charge in [0.25, 0.3) is 0 Å². The minimum Gasteiger partial charge on any atom is -0.394 e. The molecule has 1 aliphatic rings. The number of aromatic nitrogens is 4. The Balaban J connectivity index is 1.82. The molecule has 0 bridgehead atoms. The minimum absolute atomic E-state index is 0.244. The van der Waals surface area contributed by atoms with E-state index in [2.05, 4.69) is 20.3 Å². The molecule has 1 fully saturated rings. The third-order valence-corrected chi connectivity index (χ3v) is 5.22. The van der Waals surface area contributed by atoms with Crippen molar-refractivity contribution in [2.45, 2.75) is 37.9 Å². The molecule has 0 radical (unpaired) electrons. The van der Waals surface area contributed by atoms with Crippen molar-refractivity contribution >= 4 is 22.7 Å². The van der Waals surface area contributed by atoms with E-state index in [0.29, 0.717) is 17.0 Å². The molecule has 2 aromatic heterocycles. The summed E-state index contributed by atoms with van der Waals surface area (Å²) in [7, 11) is 0. The van der Waals surface area contributed by atoms with Crippen LogP contribution in [0.4, 0.5) is 11.5 Å². The van der Waals surface area contributed by atoms with Crippen LogP contribution in [0.3, 0.4) is 0 Å². The normalized spacial score (nSPS) is 27.6. The van der Waals surface area contributed by atoms with Crippen molar-refractivity contribution in [1.29, 1.82) is 0 Å². The number of rotatable bonds is 5. The third kappa shape index (κ3) is 2.75. The first-order valence-corrected chi connectivity index (χ1v) is 9.14. The van der Waals surface area contributed by atoms with Gasteiger partial charge in [-0.25, -0.2) is 15.0 Å². The standard InChI is InChI=1S/C19H23N5O4/c1-11(2)19(16(27)15(26)13(8-25)28-19)24-10-22-14-17(20-9-21-18(14)24)23-12-6-4-3-5-7-12/h3-7,9-11,13,15-16,25-27H,8H2,1-2H3,(H,20,21,23)/t13-,15-,16-,19-/m1/s1. The highest BCUT2D eigenvalue weighted by Crippen LogP contribution is 2.43. The van der Waals surface area contributed by atoms with E-state index < -0.39 is 30.6 Å². The van der Waals surface area contributed by atoms with Gasteiger partial charge >= 0.3 is 0 Å². The maximum Gasteiger partial charge on any atom is 0.178 e. The molecule has 0 amide bonds. The zero-order valence-electron chi connectivity index (χ0n) is 15.6. The molecule has 1 saturated heterocycles. The predicted octanol–water partition coefficient (Wildman–Crippen LogP) is 0.992. The number of nitrogens with one attached hydrogen (secondary N) is 1. The van der Waals surface area contributed by atoms with Crippen molar-refractivity contribution in [3.63, 3.8) is 0 Å². The summed E-state index contributed by atoms with van der Waals surface area (Å²) >= 11 is 0. The monoisotopic (exact) mass is 385 g/mol. The van der Waals surface area contributed by atoms with E-state index in [9.17, 15) is 15.3 Å². The Morgan fingerprint density at radius 2 is 1.93 bits per heavy atom. The molecule has 0 spiro atoms. The number of nitrogens with zero attached hydrogens (tertiary/aromatic N) is 4. The summed E-state index contributed by atoms with van der Waals surface area (Å²) < 4.78 is 7.61. The lowest BCUT2D eigenvalue weighted by molar-refractivity contribution is -0.174. The molecule has 1 aliphatic heterocycles. The molecule has 9 nitrogen and oxygen atoms in total. The maximum atomic E-state index is 10.8. The lowest BCUT2D eigenvalue weighted by Crippen LogP contribution is -2.49. The van der Waals surface area contributed by atoms with E-state index >= 15 is 0 Å². The van der Waals surface area contributed by atoms with Crippen LogP contribution in [-0.2, 0) is 10.5 Å². The van der Waals surface area contributed by atoms with Crippen molar-refractivity contribution < 1.29 is 20.1 Å². The van der Waals surface area contributed by atoms with Gasteiger partial charge in [-0.3, -0.25) is 4.57 Å². The van der Waals surface area contributed by atoms with E-state index in [1.165, 1.54) is 12.7 Å². The van der Waals surface area contributed by atoms with E-state index in [1.807, 2.05) is 44.2 Å². The zero-order chi connectivity index (χ0) is 19.9. The Morgan fingerprint density at radius 3 is 2.57 bits per heavy atom. The van der Waals surface area contributed by atoms with Crippen molar-refractivity contribution in [2.24, 2.45) is 5.92 Å². The Labute approximate surface area is 161 Å². The first-order chi connectivity index (χ1) is 13.5. The van der Waals surface area contributed by atoms with Gasteiger partial charge < -0.3 is 25.4 Å². The van der Waals surface area contributed by atoms with Crippen LogP contribution >= 0.6 is 0 Å². The fourth-order valence-corrected chi connectivity index (χ4v) is 3.77. The van der Waals surface area contributed by atoms with Gasteiger partial charge in [0, 0.05) is 11.6 Å². The number of para-hydroxylation sites is 1. The van der Waals surface area contributed by atoms with Crippen LogP contribution in [0.2, 0.25) is 0 Å². The van der Waals surface area contributed by atoms with Gasteiger partial charge in [0.1, 0.15) is 24.6 Å². The molecule has 0 unspecified atom stereocenters. The Morgan fingerprint density at radius 1 is 1.18 bits per heavy atom. The van der Waals surface area contributed by atoms with Gasteiger partial charge in [0.2, 0.25) is 0 Å². The highest BCUT2D eigenvalue weighted by Gasteiger charge is 2.57. The summed E-state index contributed by atoms with van der Waals surface area (Å²) in [5.41, 5.74) is 0.486. The van der Waals surface area contributed by atoms with Gasteiger partial charge in [-0.2, -0.15) is 0 Å². The topological polar surface area (TPSA) is 126 Å². The molecular weight excluding hydrogens is 362 g/mol. The van der Waals surface area contributed by atoms with Gasteiger partial charge in [-0.15, -0.1) is 0 Å². The lowest BCUT2D eigenvalue weighted by atomic mass is 9.91. The second-order valence-electron chi connectivity index (χ2n) is 7.18. The third-order valence-electron chi connectivity index (χ3n) is 5.22. The number of fused-ring (bicyclic) bond motifs is 1. The molecule has 9 heteroatoms. The number of aliphatic hydroxyl groups is 3. The molecule has 0 saturated carbocycles. The van der Waals surface area contributed by atoms with Crippen LogP contribution in [0.1, 0.15) is 13.8 Å². The van der Waals surface area contributed by atoms with Crippen molar-refractivity contribution in [1.82, 2.24) is 19.5 Å². The van der Waals surface area contributed by atoms with Crippen LogP contribution in [0.5, 0.6) is 0 Å². The Bertz CT molecular complexity index is 963. The number of benzene rings is 1. The molecule has 148 valence electrons. The van der Waals surface area contributed by atoms with Gasteiger partial charge in [-0.1, -0.05) is 32.0 Å². The number of ether oxygens (including phenoxy) is 1. The molecule has 3 aromatic rings. The molecule has 4 N–H and O–H groups in total. The molecule has 28 heavy (non-hydrogen) atoms. The molecule has 0 aliphatic carbocycles. The number of imidazole rings is 1. The molecule has 1 aromatic carbocycles. The maximum absolute atomic E-state index is 10.8. The highest BCUT2D eigenvalue weighted by molar-refractivity contribution is 5.85. The Kier molecular flexibility index (Phi) is 4.76. The summed E-state index contributed by atoms with van der Waals surface area (Å²) in [6.45, 7) is 3.33. The average Bonchev–Trinajstić information content (AvgIpc) is 3.24. The summed E-state index contributed by atoms with van der Waals surface area (Å²) in [4.78, 5) is 13.1. The fourth-order valence-electron chi connectivity index (χ4n) is 3.77. The van der Waals surface area contributed by atoms with Crippen LogP contribution in [0.25, 0.3) is 11.2 Å². The van der Waals surface area contributed by atoms with E-state index in [0.717, 1.165) is 5.69 Å². The Hall–Kier alpha value is -2.59. The van der Waals surface area contributed by atoms with Crippen molar-refractivity contribution in [3.05, 3.63) is 43.0 Å². The van der Waals surface area contributed by atoms with Crippen LogP contribution < -0.4 is 5.32 Å². The van der Waals surface area contributed by atoms with E-state index in [1.54, 1.807) is 4.57 Å². The molecule has 4 atom stereocenters. The van der Waals surface area contributed by atoms with Gasteiger partial charge in [0.15, 0.2) is 22.7 Å². The van der Waals surface area contributed by atoms with Crippen LogP contribution in [-0.4, -0.2) is 59.8 Å². The SMILES string of the molecule is CC(C)[C@@]1(n2cnc3c(Nc4ccccc4)ncnc32)O[C@H](CO)[C@@H](O)[C@H]1O. The quantitative estimate of drug-likeness (QED) is 0.512. The highest BCUT2D eigenvalue weighted by atomic mass is 16.6. The van der Waals surface area contributed by atoms with Crippen LogP contribution in [0.15, 0.2) is 43.0 Å². The zero-order valence-corrected chi connectivity index (χ0v) is 15.6. The van der Waals surface area contributed by atoms with E-state index in [-0.39, 0.29) is 5.92 Å². The smallest absolute Gasteiger partial charge is 0.178 e. The first kappa shape index (κ1) is 18.8. The number of aliphatic hydroxyl groups excluding tert-OH is 3. The molecule has 3 heterocycles. The van der Waals surface area contributed by atoms with Gasteiger partial charge in [0.05, 0.1) is 12.9 Å². The summed E-state index contributed by atoms with van der Waals surface area (Å²) in [6.07, 6.45) is -0.471. The molecular formula is C19H23N5O4. The lowest BCUT2D eigenvalue weighted by Gasteiger charge is -2.37. The van der Waals surface area contributed by atoms with Crippen molar-refractivity contribution in [3.8, 4) is 0 Å². The number of hydrogen-bond donors (Lipinski definition) is 4. The predicted molar refractivity (Wildman–Crippen MR) is 102 cm³/mol. The largest absolute Gasteiger partial charge is 0.394 e. The van der Waals surface area contributed by atoms with Gasteiger partial charge in [-0.05, 0) is 12.1 Å². The second kappa shape index (κ2) is 7.10. The fraction of sp³-hybridized carbons (Fsp3) is 0.421. The first-order valence-electron chi connectivity index (χ1n) is 9.14. The summed E-state index contributed by atoms with van der Waals surface area (Å²) in [6, 6.07) is 9.56. The number of hydrogen-bond acceptors (Lipinski definition) is 8.